The molecule has 1 saturated heterocycles. The molecule has 0 amide bonds. The number of carbonyl (C=O) groups excluding carboxylic acids is 1. The zero-order valence-corrected chi connectivity index (χ0v) is 24.8. The average molecular weight is 621 g/mol. The number of nitrogen functional groups attached to an aromatic ring is 1. The van der Waals surface area contributed by atoms with E-state index in [2.05, 4.69) is 20.0 Å². The van der Waals surface area contributed by atoms with Gasteiger partial charge in [0.2, 0.25) is 11.8 Å². The van der Waals surface area contributed by atoms with E-state index < -0.39 is 42.8 Å². The Morgan fingerprint density at radius 3 is 2.83 bits per heavy atom. The number of aliphatic hydroxyl groups is 2. The highest BCUT2D eigenvalue weighted by atomic mass is 32.7. The van der Waals surface area contributed by atoms with Crippen molar-refractivity contribution < 1.29 is 38.3 Å². The van der Waals surface area contributed by atoms with Gasteiger partial charge in [0, 0.05) is 11.3 Å². The van der Waals surface area contributed by atoms with Crippen LogP contribution >= 0.6 is 18.1 Å². The molecule has 1 aliphatic carbocycles. The number of hydrogen-bond donors (Lipinski definition) is 4. The molecule has 226 valence electrons. The molecule has 42 heavy (non-hydrogen) atoms. The van der Waals surface area contributed by atoms with Crippen molar-refractivity contribution >= 4 is 41.2 Å². The van der Waals surface area contributed by atoms with Crippen molar-refractivity contribution in [1.82, 2.24) is 24.6 Å². The van der Waals surface area contributed by atoms with Gasteiger partial charge in [-0.15, -0.1) is 0 Å². The summed E-state index contributed by atoms with van der Waals surface area (Å²) in [5.74, 6) is -0.410. The molecule has 14 nitrogen and oxygen atoms in total. The lowest BCUT2D eigenvalue weighted by Gasteiger charge is -2.27. The number of benzene rings is 1. The molecule has 0 unspecified atom stereocenters. The maximum Gasteiger partial charge on any atom is 0.332 e. The maximum atomic E-state index is 14.1. The number of aliphatic hydroxyl groups excluding tert-OH is 1. The van der Waals surface area contributed by atoms with Crippen LogP contribution in [0.15, 0.2) is 35.5 Å². The molecule has 16 heteroatoms. The number of ether oxygens (including phenoxy) is 3. The normalized spacial score (nSPS) is 31.6. The Kier molecular flexibility index (Phi) is 7.94. The minimum absolute atomic E-state index is 0.0741. The van der Waals surface area contributed by atoms with E-state index in [1.54, 1.807) is 0 Å². The van der Waals surface area contributed by atoms with Crippen molar-refractivity contribution in [2.75, 3.05) is 19.5 Å². The van der Waals surface area contributed by atoms with Crippen LogP contribution in [0.2, 0.25) is 0 Å². The molecule has 2 aliphatic heterocycles. The Bertz CT molecular complexity index is 1530. The fourth-order valence-corrected chi connectivity index (χ4v) is 9.56. The first-order valence-electron chi connectivity index (χ1n) is 13.7. The average Bonchev–Trinajstić information content (AvgIpc) is 3.64. The van der Waals surface area contributed by atoms with Gasteiger partial charge in [-0.2, -0.15) is 9.97 Å². The van der Waals surface area contributed by atoms with Crippen LogP contribution in [0, 0.1) is 0 Å². The van der Waals surface area contributed by atoms with E-state index in [1.807, 2.05) is 24.3 Å². The molecule has 5 N–H and O–H groups in total. The molecule has 3 aromatic rings. The monoisotopic (exact) mass is 620 g/mol. The summed E-state index contributed by atoms with van der Waals surface area (Å²) in [4.78, 5) is 26.3. The van der Waals surface area contributed by atoms with Gasteiger partial charge in [-0.05, 0) is 55.6 Å². The topological polar surface area (TPSA) is 193 Å². The minimum Gasteiger partial charge on any atom is -0.479 e. The van der Waals surface area contributed by atoms with Gasteiger partial charge < -0.3 is 34.7 Å². The summed E-state index contributed by atoms with van der Waals surface area (Å²) in [6.07, 6.45) is 1.45. The number of nitrogens with zero attached hydrogens (tertiary/aromatic N) is 4. The van der Waals surface area contributed by atoms with Gasteiger partial charge >= 0.3 is 12.7 Å². The Hall–Kier alpha value is -2.78. The van der Waals surface area contributed by atoms with Gasteiger partial charge in [-0.1, -0.05) is 18.2 Å². The van der Waals surface area contributed by atoms with E-state index in [9.17, 15) is 19.6 Å². The molecule has 6 atom stereocenters. The Morgan fingerprint density at radius 2 is 2.07 bits per heavy atom. The van der Waals surface area contributed by atoms with Crippen molar-refractivity contribution in [2.45, 2.75) is 80.1 Å². The fraction of sp³-hybridized carbons (Fsp3) is 0.538. The summed E-state index contributed by atoms with van der Waals surface area (Å²) in [5, 5.41) is 25.3. The lowest BCUT2D eigenvalue weighted by molar-refractivity contribution is -0.150. The molecule has 0 spiro atoms. The van der Waals surface area contributed by atoms with Crippen molar-refractivity contribution in [3.63, 3.8) is 0 Å². The molecule has 1 saturated carbocycles. The quantitative estimate of drug-likeness (QED) is 0.222. The maximum absolute atomic E-state index is 14.1. The molecule has 6 rings (SSSR count). The van der Waals surface area contributed by atoms with Crippen LogP contribution in [0.1, 0.15) is 44.4 Å². The third-order valence-corrected chi connectivity index (χ3v) is 11.7. The van der Waals surface area contributed by atoms with Crippen LogP contribution in [0.3, 0.4) is 0 Å². The number of esters is 1. The highest BCUT2D eigenvalue weighted by molar-refractivity contribution is 8.56. The summed E-state index contributed by atoms with van der Waals surface area (Å²) in [6.45, 7) is -2.73. The second-order valence-electron chi connectivity index (χ2n) is 10.8. The number of carbonyl (C=O) groups is 1. The number of methoxy groups -OCH3 is 1. The Labute approximate surface area is 245 Å². The number of nitrogens with two attached hydrogens (primary N) is 1. The highest BCUT2D eigenvalue weighted by Crippen LogP contribution is 2.62. The first kappa shape index (κ1) is 29.3. The number of aromatic nitrogens is 4. The van der Waals surface area contributed by atoms with Gasteiger partial charge in [-0.3, -0.25) is 13.9 Å². The van der Waals surface area contributed by atoms with Gasteiger partial charge in [0.15, 0.2) is 17.4 Å². The van der Waals surface area contributed by atoms with Crippen LogP contribution in [-0.4, -0.2) is 79.4 Å². The zero-order chi connectivity index (χ0) is 29.6. The summed E-state index contributed by atoms with van der Waals surface area (Å²) in [6, 6.07) is 6.47. The predicted octanol–water partition coefficient (Wildman–Crippen LogP) is 2.34. The van der Waals surface area contributed by atoms with Gasteiger partial charge in [0.1, 0.15) is 30.0 Å². The molecule has 2 fully saturated rings. The molecule has 0 radical (unpaired) electrons. The van der Waals surface area contributed by atoms with E-state index in [4.69, 9.17) is 24.5 Å². The summed E-state index contributed by atoms with van der Waals surface area (Å²) in [7, 11) is 1.42. The standard InChI is InChI=1S/C26H33N6O8PS/c1-26(35)20(33)17(40-24(26)32-13-28-19-21(32)29-25(27)30-22(19)37-2)12-38-41(36)31-16(23(34)39-15-8-4-5-9-15)11-14-7-3-6-10-18(14)42-41/h3,6-7,10,13,15-17,20,24,33,35H,4-5,8-9,11-12H2,1-2H3,(H,31,36)(H2,27,29,30)/t16-,17+,20+,24+,26+,41+/m0/s1. The second-order valence-corrected chi connectivity index (χ2v) is 15.0. The second kappa shape index (κ2) is 11.4. The molecule has 1 aromatic carbocycles. The zero-order valence-electron chi connectivity index (χ0n) is 23.1. The van der Waals surface area contributed by atoms with Crippen LogP contribution in [0.5, 0.6) is 5.88 Å². The Morgan fingerprint density at radius 1 is 1.31 bits per heavy atom. The van der Waals surface area contributed by atoms with Crippen molar-refractivity contribution in [3.8, 4) is 5.88 Å². The smallest absolute Gasteiger partial charge is 0.332 e. The third kappa shape index (κ3) is 5.50. The van der Waals surface area contributed by atoms with Crippen molar-refractivity contribution in [3.05, 3.63) is 36.2 Å². The number of anilines is 1. The lowest BCUT2D eigenvalue weighted by atomic mass is 9.96. The molecule has 4 heterocycles. The number of imidazole rings is 1. The van der Waals surface area contributed by atoms with Crippen LogP contribution in [-0.2, 0) is 29.8 Å². The molecule has 2 aromatic heterocycles. The van der Waals surface area contributed by atoms with E-state index in [1.165, 1.54) is 24.9 Å². The van der Waals surface area contributed by atoms with E-state index in [0.29, 0.717) is 4.90 Å². The van der Waals surface area contributed by atoms with E-state index in [0.717, 1.165) is 42.6 Å². The van der Waals surface area contributed by atoms with Gasteiger partial charge in [0.05, 0.1) is 20.0 Å². The van der Waals surface area contributed by atoms with Crippen molar-refractivity contribution in [1.29, 1.82) is 0 Å². The number of rotatable bonds is 7. The first-order valence-corrected chi connectivity index (χ1v) is 16.7. The van der Waals surface area contributed by atoms with Gasteiger partial charge in [-0.25, -0.2) is 10.1 Å². The number of hydrogen-bond acceptors (Lipinski definition) is 13. The summed E-state index contributed by atoms with van der Waals surface area (Å²) < 4.78 is 38.5. The predicted molar refractivity (Wildman–Crippen MR) is 152 cm³/mol. The lowest BCUT2D eigenvalue weighted by Crippen LogP contribution is -2.44. The largest absolute Gasteiger partial charge is 0.479 e. The van der Waals surface area contributed by atoms with E-state index in [-0.39, 0.29) is 42.1 Å². The third-order valence-electron chi connectivity index (χ3n) is 7.81. The minimum atomic E-state index is -3.78. The molecular weight excluding hydrogens is 587 g/mol. The SMILES string of the molecule is COc1nc(N)nc2c1ncn2[C@@H]1O[C@H](CO[P@]2(=O)N[C@H](C(=O)OC3CCCC3)Cc3ccccc3S2)[C@@H](O)[C@@]1(C)O. The van der Waals surface area contributed by atoms with Crippen LogP contribution < -0.4 is 15.6 Å². The molecule has 3 aliphatic rings. The van der Waals surface area contributed by atoms with Crippen molar-refractivity contribution in [2.24, 2.45) is 0 Å². The summed E-state index contributed by atoms with van der Waals surface area (Å²) in [5.41, 5.74) is 5.36. The van der Waals surface area contributed by atoms with Crippen LogP contribution in [0.25, 0.3) is 11.2 Å². The fourth-order valence-electron chi connectivity index (χ4n) is 5.60. The van der Waals surface area contributed by atoms with E-state index >= 15 is 0 Å². The molecular formula is C26H33N6O8PS. The van der Waals surface area contributed by atoms with Gasteiger partial charge in [0.25, 0.3) is 0 Å². The summed E-state index contributed by atoms with van der Waals surface area (Å²) >= 11 is 0.989. The highest BCUT2D eigenvalue weighted by Gasteiger charge is 2.54. The number of fused-ring (bicyclic) bond motifs is 2. The Balaban J connectivity index is 1.22. The van der Waals surface area contributed by atoms with Crippen LogP contribution in [0.4, 0.5) is 5.95 Å². The first-order chi connectivity index (χ1) is 20.1. The molecule has 0 bridgehead atoms. The number of nitrogens with one attached hydrogen (secondary N) is 1.